The smallest absolute Gasteiger partial charge is 0.320 e. The van der Waals surface area contributed by atoms with E-state index in [4.69, 9.17) is 19.0 Å². The monoisotopic (exact) mass is 543 g/mol. The van der Waals surface area contributed by atoms with Gasteiger partial charge >= 0.3 is 23.8 Å². The zero-order valence-electron chi connectivity index (χ0n) is 21.9. The van der Waals surface area contributed by atoms with E-state index in [9.17, 15) is 9.59 Å². The molecule has 1 amide bonds. The second-order valence-corrected chi connectivity index (χ2v) is 9.59. The lowest BCUT2D eigenvalue weighted by atomic mass is 9.77. The number of ether oxygens (including phenoxy) is 2. The van der Waals surface area contributed by atoms with E-state index in [1.807, 2.05) is 24.3 Å². The zero-order valence-corrected chi connectivity index (χ0v) is 21.9. The minimum absolute atomic E-state index is 0.0459. The van der Waals surface area contributed by atoms with E-state index in [-0.39, 0.29) is 24.2 Å². The summed E-state index contributed by atoms with van der Waals surface area (Å²) < 4.78 is 16.3. The van der Waals surface area contributed by atoms with Crippen molar-refractivity contribution in [2.24, 2.45) is 5.92 Å². The van der Waals surface area contributed by atoms with Crippen molar-refractivity contribution >= 4 is 29.3 Å². The molecule has 1 fully saturated rings. The molecule has 0 unspecified atom stereocenters. The summed E-state index contributed by atoms with van der Waals surface area (Å²) >= 11 is 0. The number of benzene rings is 2. The highest BCUT2D eigenvalue weighted by Gasteiger charge is 2.24. The van der Waals surface area contributed by atoms with E-state index in [2.05, 4.69) is 25.8 Å². The van der Waals surface area contributed by atoms with Crippen molar-refractivity contribution in [2.45, 2.75) is 38.0 Å². The van der Waals surface area contributed by atoms with Crippen molar-refractivity contribution < 1.29 is 28.6 Å². The molecule has 40 heavy (non-hydrogen) atoms. The van der Waals surface area contributed by atoms with Crippen LogP contribution in [0.15, 0.2) is 71.3 Å². The molecule has 2 aromatic heterocycles. The molecule has 0 spiro atoms. The van der Waals surface area contributed by atoms with Gasteiger partial charge in [0.05, 0.1) is 19.0 Å². The number of carboxylic acid groups (broad SMARTS) is 1. The highest BCUT2D eigenvalue weighted by molar-refractivity contribution is 6.00. The van der Waals surface area contributed by atoms with Gasteiger partial charge < -0.3 is 29.6 Å². The minimum Gasteiger partial charge on any atom is -0.497 e. The summed E-state index contributed by atoms with van der Waals surface area (Å²) in [5.41, 5.74) is 2.37. The van der Waals surface area contributed by atoms with Crippen LogP contribution in [-0.2, 0) is 4.79 Å². The van der Waals surface area contributed by atoms with Gasteiger partial charge in [0.15, 0.2) is 0 Å². The molecular formula is C29H29N5O6. The molecule has 5 rings (SSSR count). The van der Waals surface area contributed by atoms with Crippen LogP contribution in [0.25, 0.3) is 0 Å². The molecule has 1 aliphatic carbocycles. The molecule has 2 heterocycles. The fraction of sp³-hybridized carbons (Fsp3) is 0.276. The molecule has 0 aliphatic heterocycles. The third-order valence-corrected chi connectivity index (χ3v) is 6.84. The normalized spacial score (nSPS) is 16.6. The van der Waals surface area contributed by atoms with Crippen molar-refractivity contribution in [1.29, 1.82) is 0 Å². The molecule has 0 bridgehead atoms. The summed E-state index contributed by atoms with van der Waals surface area (Å²) in [6.07, 6.45) is 5.56. The number of hydrogen-bond acceptors (Lipinski definition) is 9. The molecule has 3 N–H and O–H groups in total. The van der Waals surface area contributed by atoms with Crippen molar-refractivity contribution in [1.82, 2.24) is 15.2 Å². The lowest BCUT2D eigenvalue weighted by Crippen LogP contribution is -2.16. The molecular weight excluding hydrogens is 514 g/mol. The number of carboxylic acids is 1. The van der Waals surface area contributed by atoms with Crippen LogP contribution < -0.4 is 20.1 Å². The van der Waals surface area contributed by atoms with Gasteiger partial charge in [-0.25, -0.2) is 4.98 Å². The minimum atomic E-state index is -0.727. The van der Waals surface area contributed by atoms with Gasteiger partial charge in [-0.15, -0.1) is 5.10 Å². The number of rotatable bonds is 10. The predicted molar refractivity (Wildman–Crippen MR) is 146 cm³/mol. The Morgan fingerprint density at radius 3 is 2.27 bits per heavy atom. The number of aromatic nitrogens is 3. The van der Waals surface area contributed by atoms with E-state index in [1.54, 1.807) is 49.7 Å². The Bertz CT molecular complexity index is 1430. The summed E-state index contributed by atoms with van der Waals surface area (Å²) in [6.45, 7) is 0. The molecule has 1 saturated carbocycles. The quantitative estimate of drug-likeness (QED) is 0.217. The van der Waals surface area contributed by atoms with Gasteiger partial charge in [0, 0.05) is 18.2 Å². The number of hydrogen-bond donors (Lipinski definition) is 3. The number of carbonyl (C=O) groups is 2. The number of amides is 1. The Kier molecular flexibility index (Phi) is 8.19. The first-order valence-corrected chi connectivity index (χ1v) is 13.0. The van der Waals surface area contributed by atoms with Gasteiger partial charge in [0.1, 0.15) is 11.5 Å². The molecule has 4 aromatic rings. The molecule has 0 radical (unpaired) electrons. The second kappa shape index (κ2) is 12.3. The highest BCUT2D eigenvalue weighted by Crippen LogP contribution is 2.37. The Balaban J connectivity index is 1.11. The van der Waals surface area contributed by atoms with E-state index in [0.717, 1.165) is 31.4 Å². The van der Waals surface area contributed by atoms with Crippen LogP contribution in [0.5, 0.6) is 17.4 Å². The maximum absolute atomic E-state index is 12.6. The fourth-order valence-electron chi connectivity index (χ4n) is 4.74. The van der Waals surface area contributed by atoms with E-state index >= 15 is 0 Å². The van der Waals surface area contributed by atoms with E-state index < -0.39 is 11.9 Å². The number of pyridine rings is 1. The predicted octanol–water partition coefficient (Wildman–Crippen LogP) is 6.01. The third kappa shape index (κ3) is 6.93. The first kappa shape index (κ1) is 26.7. The molecule has 1 aliphatic rings. The second-order valence-electron chi connectivity index (χ2n) is 9.59. The SMILES string of the molecule is COc1ccc(Oc2ccc(Nc3nnc(C(=O)Nc4ccc([C@H]5CC[C@H](CC(=O)O)CC5)cc4)o3)cn2)cc1. The van der Waals surface area contributed by atoms with Crippen LogP contribution in [0, 0.1) is 5.92 Å². The zero-order chi connectivity index (χ0) is 27.9. The van der Waals surface area contributed by atoms with Crippen molar-refractivity contribution in [3.8, 4) is 17.4 Å². The van der Waals surface area contributed by atoms with Gasteiger partial charge in [-0.1, -0.05) is 17.2 Å². The summed E-state index contributed by atoms with van der Waals surface area (Å²) in [5.74, 6) is 0.979. The summed E-state index contributed by atoms with van der Waals surface area (Å²) in [7, 11) is 1.60. The Labute approximate surface area is 230 Å². The average Bonchev–Trinajstić information content (AvgIpc) is 3.44. The largest absolute Gasteiger partial charge is 0.497 e. The van der Waals surface area contributed by atoms with Crippen LogP contribution in [0.2, 0.25) is 0 Å². The van der Waals surface area contributed by atoms with Crippen LogP contribution >= 0.6 is 0 Å². The molecule has 2 aromatic carbocycles. The third-order valence-electron chi connectivity index (χ3n) is 6.84. The highest BCUT2D eigenvalue weighted by atomic mass is 16.5. The Morgan fingerprint density at radius 2 is 1.62 bits per heavy atom. The maximum Gasteiger partial charge on any atom is 0.320 e. The summed E-state index contributed by atoms with van der Waals surface area (Å²) in [5, 5.41) is 22.4. The number of nitrogens with zero attached hydrogens (tertiary/aromatic N) is 3. The van der Waals surface area contributed by atoms with Crippen molar-refractivity contribution in [2.75, 3.05) is 17.7 Å². The van der Waals surface area contributed by atoms with Crippen molar-refractivity contribution in [3.05, 3.63) is 78.3 Å². The fourth-order valence-corrected chi connectivity index (χ4v) is 4.74. The van der Waals surface area contributed by atoms with Crippen LogP contribution in [-0.4, -0.2) is 39.3 Å². The molecule has 11 heteroatoms. The van der Waals surface area contributed by atoms with Gasteiger partial charge in [0.2, 0.25) is 5.88 Å². The van der Waals surface area contributed by atoms with Gasteiger partial charge in [0.25, 0.3) is 0 Å². The average molecular weight is 544 g/mol. The first-order valence-electron chi connectivity index (χ1n) is 13.0. The number of anilines is 3. The van der Waals surface area contributed by atoms with E-state index in [0.29, 0.717) is 28.9 Å². The molecule has 206 valence electrons. The maximum atomic E-state index is 12.6. The lowest BCUT2D eigenvalue weighted by Gasteiger charge is -2.28. The standard InChI is InChI=1S/C29H29N5O6/c1-38-23-11-13-24(14-12-23)39-25-15-10-22(17-30-25)32-29-34-33-28(40-29)27(37)31-21-8-6-20(7-9-21)19-4-2-18(3-5-19)16-26(35)36/h6-15,17-19H,2-5,16H2,1H3,(H,31,37)(H,32,34)(H,35,36)/t18-,19-. The van der Waals surface area contributed by atoms with Gasteiger partial charge in [-0.05, 0) is 85.5 Å². The van der Waals surface area contributed by atoms with Crippen LogP contribution in [0.1, 0.15) is 54.3 Å². The lowest BCUT2D eigenvalue weighted by molar-refractivity contribution is -0.138. The Morgan fingerprint density at radius 1 is 0.925 bits per heavy atom. The number of methoxy groups -OCH3 is 1. The molecule has 0 atom stereocenters. The van der Waals surface area contributed by atoms with Crippen LogP contribution in [0.4, 0.5) is 17.4 Å². The first-order chi connectivity index (χ1) is 19.4. The topological polar surface area (TPSA) is 149 Å². The van der Waals surface area contributed by atoms with Gasteiger partial charge in [-0.3, -0.25) is 9.59 Å². The van der Waals surface area contributed by atoms with Crippen molar-refractivity contribution in [3.63, 3.8) is 0 Å². The summed E-state index contributed by atoms with van der Waals surface area (Å²) in [6, 6.07) is 18.3. The molecule has 11 nitrogen and oxygen atoms in total. The molecule has 0 saturated heterocycles. The van der Waals surface area contributed by atoms with E-state index in [1.165, 1.54) is 5.56 Å². The number of carbonyl (C=O) groups excluding carboxylic acids is 1. The van der Waals surface area contributed by atoms with Crippen LogP contribution in [0.3, 0.4) is 0 Å². The number of aliphatic carboxylic acids is 1. The summed E-state index contributed by atoms with van der Waals surface area (Å²) in [4.78, 5) is 27.8. The Hall–Kier alpha value is -4.93. The number of nitrogens with one attached hydrogen (secondary N) is 2. The van der Waals surface area contributed by atoms with Gasteiger partial charge in [-0.2, -0.15) is 0 Å².